The summed E-state index contributed by atoms with van der Waals surface area (Å²) in [5.74, 6) is -1.17. The zero-order valence-corrected chi connectivity index (χ0v) is 12.5. The zero-order valence-electron chi connectivity index (χ0n) is 12.5. The quantitative estimate of drug-likeness (QED) is 0.543. The van der Waals surface area contributed by atoms with E-state index in [0.717, 1.165) is 12.8 Å². The first-order valence-electron chi connectivity index (χ1n) is 7.12. The van der Waals surface area contributed by atoms with Gasteiger partial charge in [0.05, 0.1) is 5.92 Å². The van der Waals surface area contributed by atoms with Crippen molar-refractivity contribution in [3.05, 3.63) is 0 Å². The van der Waals surface area contributed by atoms with E-state index in [1.807, 2.05) is 0 Å². The number of nitrogens with one attached hydrogen (secondary N) is 3. The first kappa shape index (κ1) is 17.1. The van der Waals surface area contributed by atoms with E-state index in [1.54, 1.807) is 14.1 Å². The third-order valence-electron chi connectivity index (χ3n) is 3.45. The summed E-state index contributed by atoms with van der Waals surface area (Å²) < 4.78 is 0. The monoisotopic (exact) mass is 300 g/mol. The van der Waals surface area contributed by atoms with Crippen LogP contribution in [0.2, 0.25) is 0 Å². The number of carboxylic acids is 1. The predicted octanol–water partition coefficient (Wildman–Crippen LogP) is 0.200. The number of aliphatic carboxylic acids is 1. The molecule has 0 bridgehead atoms. The molecule has 0 radical (unpaired) electrons. The number of nitrogens with zero attached hydrogens (tertiary/aromatic N) is 1. The Hall–Kier alpha value is -1.99. The summed E-state index contributed by atoms with van der Waals surface area (Å²) in [5.41, 5.74) is 0. The maximum absolute atomic E-state index is 11.7. The predicted molar refractivity (Wildman–Crippen MR) is 77.0 cm³/mol. The molecular weight excluding hydrogens is 276 g/mol. The number of urea groups is 2. The summed E-state index contributed by atoms with van der Waals surface area (Å²) in [7, 11) is 3.27. The Morgan fingerprint density at radius 3 is 2.43 bits per heavy atom. The van der Waals surface area contributed by atoms with E-state index in [1.165, 1.54) is 4.90 Å². The number of amides is 4. The molecule has 0 aliphatic heterocycles. The minimum Gasteiger partial charge on any atom is -0.481 e. The molecule has 1 rings (SSSR count). The Kier molecular flexibility index (Phi) is 6.77. The lowest BCUT2D eigenvalue weighted by Gasteiger charge is -2.27. The second-order valence-corrected chi connectivity index (χ2v) is 5.43. The van der Waals surface area contributed by atoms with Crippen LogP contribution < -0.4 is 16.0 Å². The third-order valence-corrected chi connectivity index (χ3v) is 3.45. The van der Waals surface area contributed by atoms with Gasteiger partial charge in [0.2, 0.25) is 0 Å². The van der Waals surface area contributed by atoms with Crippen LogP contribution in [0, 0.1) is 5.92 Å². The van der Waals surface area contributed by atoms with Crippen molar-refractivity contribution in [3.8, 4) is 0 Å². The van der Waals surface area contributed by atoms with E-state index in [0.29, 0.717) is 25.9 Å². The molecule has 21 heavy (non-hydrogen) atoms. The van der Waals surface area contributed by atoms with Crippen molar-refractivity contribution in [3.63, 3.8) is 0 Å². The fourth-order valence-corrected chi connectivity index (χ4v) is 2.29. The summed E-state index contributed by atoms with van der Waals surface area (Å²) in [6, 6.07) is -0.643. The summed E-state index contributed by atoms with van der Waals surface area (Å²) in [5, 5.41) is 17.0. The third kappa shape index (κ3) is 6.33. The van der Waals surface area contributed by atoms with Crippen LogP contribution >= 0.6 is 0 Å². The number of carbonyl (C=O) groups excluding carboxylic acids is 2. The van der Waals surface area contributed by atoms with Gasteiger partial charge in [-0.2, -0.15) is 0 Å². The fraction of sp³-hybridized carbons (Fsp3) is 0.769. The van der Waals surface area contributed by atoms with Crippen LogP contribution in [0.15, 0.2) is 0 Å². The van der Waals surface area contributed by atoms with Gasteiger partial charge < -0.3 is 26.0 Å². The first-order valence-corrected chi connectivity index (χ1v) is 7.12. The summed E-state index contributed by atoms with van der Waals surface area (Å²) >= 11 is 0. The van der Waals surface area contributed by atoms with Crippen LogP contribution in [0.3, 0.4) is 0 Å². The molecule has 4 amide bonds. The van der Waals surface area contributed by atoms with E-state index in [2.05, 4.69) is 16.0 Å². The van der Waals surface area contributed by atoms with Gasteiger partial charge in [0.25, 0.3) is 0 Å². The molecule has 2 unspecified atom stereocenters. The second-order valence-electron chi connectivity index (χ2n) is 5.43. The van der Waals surface area contributed by atoms with Crippen LogP contribution in [0.1, 0.15) is 25.7 Å². The van der Waals surface area contributed by atoms with Crippen LogP contribution in [0.4, 0.5) is 9.59 Å². The lowest BCUT2D eigenvalue weighted by Crippen LogP contribution is -2.47. The molecule has 2 atom stereocenters. The molecule has 0 heterocycles. The highest BCUT2D eigenvalue weighted by Gasteiger charge is 2.27. The standard InChI is InChI=1S/C13H24N4O4/c1-17(2)13(21)15-7-6-14-12(20)16-10-5-3-4-9(8-10)11(18)19/h9-10H,3-8H2,1-2H3,(H,15,21)(H,18,19)(H2,14,16,20). The average molecular weight is 300 g/mol. The zero-order chi connectivity index (χ0) is 15.8. The van der Waals surface area contributed by atoms with Crippen molar-refractivity contribution < 1.29 is 19.5 Å². The Morgan fingerprint density at radius 1 is 1.14 bits per heavy atom. The van der Waals surface area contributed by atoms with Gasteiger partial charge in [0.15, 0.2) is 0 Å². The number of hydrogen-bond donors (Lipinski definition) is 4. The molecular formula is C13H24N4O4. The SMILES string of the molecule is CN(C)C(=O)NCCNC(=O)NC1CCCC(C(=O)O)C1. The molecule has 1 aliphatic rings. The van der Waals surface area contributed by atoms with Crippen molar-refractivity contribution in [1.29, 1.82) is 0 Å². The maximum Gasteiger partial charge on any atom is 0.316 e. The van der Waals surface area contributed by atoms with Crippen molar-refractivity contribution >= 4 is 18.0 Å². The smallest absolute Gasteiger partial charge is 0.316 e. The average Bonchev–Trinajstić information content (AvgIpc) is 2.43. The molecule has 8 heteroatoms. The highest BCUT2D eigenvalue weighted by atomic mass is 16.4. The van der Waals surface area contributed by atoms with Crippen molar-refractivity contribution in [2.75, 3.05) is 27.2 Å². The number of carbonyl (C=O) groups is 3. The van der Waals surface area contributed by atoms with Gasteiger partial charge in [0, 0.05) is 33.2 Å². The largest absolute Gasteiger partial charge is 0.481 e. The van der Waals surface area contributed by atoms with E-state index < -0.39 is 5.97 Å². The Balaban J connectivity index is 2.18. The normalized spacial score (nSPS) is 21.2. The first-order chi connectivity index (χ1) is 9.90. The fourth-order valence-electron chi connectivity index (χ4n) is 2.29. The number of hydrogen-bond acceptors (Lipinski definition) is 3. The Labute approximate surface area is 124 Å². The number of carboxylic acid groups (broad SMARTS) is 1. The van der Waals surface area contributed by atoms with E-state index in [-0.39, 0.29) is 24.0 Å². The van der Waals surface area contributed by atoms with Gasteiger partial charge >= 0.3 is 18.0 Å². The highest BCUT2D eigenvalue weighted by molar-refractivity contribution is 5.75. The molecule has 0 aromatic carbocycles. The van der Waals surface area contributed by atoms with Crippen molar-refractivity contribution in [2.24, 2.45) is 5.92 Å². The minimum absolute atomic E-state index is 0.101. The molecule has 120 valence electrons. The molecule has 0 aromatic heterocycles. The van der Waals surface area contributed by atoms with E-state index in [4.69, 9.17) is 5.11 Å². The van der Waals surface area contributed by atoms with Gasteiger partial charge in [-0.3, -0.25) is 4.79 Å². The molecule has 1 fully saturated rings. The molecule has 0 spiro atoms. The maximum atomic E-state index is 11.7. The summed E-state index contributed by atoms with van der Waals surface area (Å²) in [6.45, 7) is 0.660. The van der Waals surface area contributed by atoms with E-state index >= 15 is 0 Å². The highest BCUT2D eigenvalue weighted by Crippen LogP contribution is 2.24. The summed E-state index contributed by atoms with van der Waals surface area (Å²) in [4.78, 5) is 35.3. The van der Waals surface area contributed by atoms with Gasteiger partial charge in [-0.25, -0.2) is 9.59 Å². The molecule has 1 saturated carbocycles. The minimum atomic E-state index is -0.798. The van der Waals surface area contributed by atoms with Gasteiger partial charge in [-0.1, -0.05) is 6.42 Å². The van der Waals surface area contributed by atoms with Crippen LogP contribution in [0.5, 0.6) is 0 Å². The number of rotatable bonds is 5. The molecule has 8 nitrogen and oxygen atoms in total. The molecule has 1 aliphatic carbocycles. The van der Waals surface area contributed by atoms with Crippen molar-refractivity contribution in [1.82, 2.24) is 20.9 Å². The topological polar surface area (TPSA) is 111 Å². The second kappa shape index (κ2) is 8.33. The molecule has 4 N–H and O–H groups in total. The Bertz CT molecular complexity index is 386. The van der Waals surface area contributed by atoms with E-state index in [9.17, 15) is 14.4 Å². The van der Waals surface area contributed by atoms with Gasteiger partial charge in [0.1, 0.15) is 0 Å². The van der Waals surface area contributed by atoms with Crippen LogP contribution in [-0.2, 0) is 4.79 Å². The summed E-state index contributed by atoms with van der Waals surface area (Å²) in [6.07, 6.45) is 2.75. The van der Waals surface area contributed by atoms with Crippen molar-refractivity contribution in [2.45, 2.75) is 31.7 Å². The van der Waals surface area contributed by atoms with Crippen LogP contribution in [0.25, 0.3) is 0 Å². The molecule has 0 saturated heterocycles. The molecule has 0 aromatic rings. The lowest BCUT2D eigenvalue weighted by molar-refractivity contribution is -0.143. The lowest BCUT2D eigenvalue weighted by atomic mass is 9.86. The van der Waals surface area contributed by atoms with Gasteiger partial charge in [-0.05, 0) is 19.3 Å². The van der Waals surface area contributed by atoms with Crippen LogP contribution in [-0.4, -0.2) is 61.3 Å². The van der Waals surface area contributed by atoms with Gasteiger partial charge in [-0.15, -0.1) is 0 Å². The Morgan fingerprint density at radius 2 is 1.81 bits per heavy atom.